The van der Waals surface area contributed by atoms with Crippen molar-refractivity contribution in [2.75, 3.05) is 19.6 Å². The van der Waals surface area contributed by atoms with Crippen LogP contribution in [0.1, 0.15) is 62.0 Å². The topological polar surface area (TPSA) is 125 Å². The Labute approximate surface area is 311 Å². The first-order chi connectivity index (χ1) is 25.1. The van der Waals surface area contributed by atoms with Crippen molar-refractivity contribution in [3.05, 3.63) is 93.5 Å². The molecule has 3 aliphatic carbocycles. The monoisotopic (exact) mass is 743 g/mol. The number of fused-ring (bicyclic) bond motifs is 4. The molecule has 52 heavy (non-hydrogen) atoms. The maximum absolute atomic E-state index is 15.4. The zero-order chi connectivity index (χ0) is 36.5. The highest BCUT2D eigenvalue weighted by atomic mass is 35.5. The zero-order valence-corrected chi connectivity index (χ0v) is 30.3. The van der Waals surface area contributed by atoms with E-state index in [-0.39, 0.29) is 35.0 Å². The number of hydrogen-bond acceptors (Lipinski definition) is 8. The number of phenols is 1. The molecule has 12 heteroatoms. The summed E-state index contributed by atoms with van der Waals surface area (Å²) < 4.78 is 10.9. The van der Waals surface area contributed by atoms with E-state index in [0.717, 1.165) is 42.7 Å². The largest absolute Gasteiger partial charge is 0.508 e. The van der Waals surface area contributed by atoms with E-state index in [1.165, 1.54) is 24.1 Å². The van der Waals surface area contributed by atoms with Gasteiger partial charge in [-0.2, -0.15) is 5.01 Å². The van der Waals surface area contributed by atoms with Crippen molar-refractivity contribution in [3.63, 3.8) is 0 Å². The lowest BCUT2D eigenvalue weighted by atomic mass is 9.49. The standard InChI is InChI=1S/C40H39Cl2N3O7/c1-51-24-11-8-21(9-12-24)40-30(37(48)45(39(40)50)43-32-17-10-22(41)18-31(32)42)20-29-26(35(40)27-14-13-25(52-2)19-33(27)46)15-16-28-34(29)38(49)44(36(28)47)23-6-4-3-5-7-23/h8-15,17-19,23,28-30,34-35,43,46H,3-7,16,20H2,1-2H3/t28-,29+,30-,34-,35+,40+/m0/s1. The van der Waals surface area contributed by atoms with Gasteiger partial charge in [0.2, 0.25) is 11.8 Å². The lowest BCUT2D eigenvalue weighted by Crippen LogP contribution is -2.53. The van der Waals surface area contributed by atoms with E-state index in [0.29, 0.717) is 39.8 Å². The number of nitrogens with one attached hydrogen (secondary N) is 1. The molecular formula is C40H39Cl2N3O7. The molecule has 0 aromatic heterocycles. The molecule has 4 fully saturated rings. The number of benzene rings is 3. The van der Waals surface area contributed by atoms with Gasteiger partial charge in [0.05, 0.1) is 48.1 Å². The van der Waals surface area contributed by atoms with Crippen LogP contribution in [0.15, 0.2) is 72.3 Å². The summed E-state index contributed by atoms with van der Waals surface area (Å²) in [6, 6.07) is 16.5. The van der Waals surface area contributed by atoms with Crippen LogP contribution in [-0.4, -0.2) is 58.9 Å². The molecule has 5 aliphatic rings. The molecule has 0 bridgehead atoms. The average Bonchev–Trinajstić information content (AvgIpc) is 3.53. The number of hydrogen-bond donors (Lipinski definition) is 2. The highest BCUT2D eigenvalue weighted by molar-refractivity contribution is 6.36. The van der Waals surface area contributed by atoms with Gasteiger partial charge in [-0.1, -0.05) is 72.3 Å². The van der Waals surface area contributed by atoms with Crippen molar-refractivity contribution in [1.82, 2.24) is 9.91 Å². The molecule has 2 saturated carbocycles. The fourth-order valence-corrected chi connectivity index (χ4v) is 10.3. The van der Waals surface area contributed by atoms with Crippen molar-refractivity contribution >= 4 is 52.5 Å². The molecule has 6 atom stereocenters. The number of ether oxygens (including phenoxy) is 2. The summed E-state index contributed by atoms with van der Waals surface area (Å²) in [6.45, 7) is 0. The van der Waals surface area contributed by atoms with Gasteiger partial charge in [0.15, 0.2) is 0 Å². The third kappa shape index (κ3) is 5.12. The number of anilines is 1. The SMILES string of the molecule is COc1ccc([C@@]23C(=O)N(Nc4ccc(Cl)cc4Cl)C(=O)[C@@H]2C[C@@H]2C(=CC[C@@H]4C(=O)N(C5CCCCC5)C(=O)[C@@H]42)[C@@H]3c2ccc(OC)cc2O)cc1. The third-order valence-electron chi connectivity index (χ3n) is 12.1. The van der Waals surface area contributed by atoms with Crippen molar-refractivity contribution in [2.24, 2.45) is 23.7 Å². The first kappa shape index (κ1) is 34.5. The number of carbonyl (C=O) groups is 4. The fraction of sp³-hybridized carbons (Fsp3) is 0.400. The molecule has 3 aromatic rings. The first-order valence-corrected chi connectivity index (χ1v) is 18.5. The molecule has 4 amide bonds. The second-order valence-electron chi connectivity index (χ2n) is 14.5. The summed E-state index contributed by atoms with van der Waals surface area (Å²) >= 11 is 12.7. The number of likely N-dealkylation sites (tertiary alicyclic amines) is 1. The van der Waals surface area contributed by atoms with Crippen molar-refractivity contribution in [3.8, 4) is 17.2 Å². The van der Waals surface area contributed by atoms with Gasteiger partial charge >= 0.3 is 0 Å². The predicted octanol–water partition coefficient (Wildman–Crippen LogP) is 7.03. The molecular weight excluding hydrogens is 705 g/mol. The summed E-state index contributed by atoms with van der Waals surface area (Å²) in [5.74, 6) is -4.23. The highest BCUT2D eigenvalue weighted by Gasteiger charge is 2.70. The second-order valence-corrected chi connectivity index (χ2v) is 15.3. The molecule has 2 aliphatic heterocycles. The summed E-state index contributed by atoms with van der Waals surface area (Å²) in [6.07, 6.45) is 7.02. The van der Waals surface area contributed by atoms with E-state index in [4.69, 9.17) is 32.7 Å². The third-order valence-corrected chi connectivity index (χ3v) is 12.7. The van der Waals surface area contributed by atoms with Gasteiger partial charge in [0.25, 0.3) is 11.8 Å². The van der Waals surface area contributed by atoms with Crippen LogP contribution in [0.2, 0.25) is 10.0 Å². The Hall–Kier alpha value is -4.54. The molecule has 2 saturated heterocycles. The van der Waals surface area contributed by atoms with E-state index in [1.807, 2.05) is 6.08 Å². The molecule has 3 aromatic carbocycles. The quantitative estimate of drug-likeness (QED) is 0.195. The van der Waals surface area contributed by atoms with Crippen LogP contribution < -0.4 is 14.9 Å². The molecule has 2 heterocycles. The molecule has 0 spiro atoms. The van der Waals surface area contributed by atoms with Crippen LogP contribution >= 0.6 is 23.2 Å². The Morgan fingerprint density at radius 2 is 1.54 bits per heavy atom. The number of hydrazine groups is 1. The van der Waals surface area contributed by atoms with Gasteiger partial charge in [-0.3, -0.25) is 29.5 Å². The van der Waals surface area contributed by atoms with Crippen LogP contribution in [0.25, 0.3) is 0 Å². The lowest BCUT2D eigenvalue weighted by Gasteiger charge is -2.50. The first-order valence-electron chi connectivity index (χ1n) is 17.8. The maximum Gasteiger partial charge on any atom is 0.260 e. The van der Waals surface area contributed by atoms with Gasteiger partial charge in [-0.25, -0.2) is 0 Å². The minimum atomic E-state index is -1.58. The highest BCUT2D eigenvalue weighted by Crippen LogP contribution is 2.65. The van der Waals surface area contributed by atoms with E-state index in [1.54, 1.807) is 55.6 Å². The number of allylic oxidation sites excluding steroid dienone is 2. The minimum absolute atomic E-state index is 0.121. The summed E-state index contributed by atoms with van der Waals surface area (Å²) in [4.78, 5) is 60.4. The number of nitrogens with zero attached hydrogens (tertiary/aromatic N) is 2. The normalized spacial score (nSPS) is 28.7. The summed E-state index contributed by atoms with van der Waals surface area (Å²) in [5.41, 5.74) is 3.43. The Morgan fingerprint density at radius 3 is 2.21 bits per heavy atom. The van der Waals surface area contributed by atoms with Crippen LogP contribution in [0.5, 0.6) is 17.2 Å². The number of carbonyl (C=O) groups excluding carboxylic acids is 4. The molecule has 0 unspecified atom stereocenters. The lowest BCUT2D eigenvalue weighted by molar-refractivity contribution is -0.144. The van der Waals surface area contributed by atoms with Crippen LogP contribution in [0.3, 0.4) is 0 Å². The van der Waals surface area contributed by atoms with Crippen molar-refractivity contribution in [2.45, 2.75) is 62.3 Å². The smallest absolute Gasteiger partial charge is 0.260 e. The van der Waals surface area contributed by atoms with Crippen molar-refractivity contribution < 1.29 is 33.8 Å². The molecule has 8 rings (SSSR count). The number of halogens is 2. The van der Waals surface area contributed by atoms with Gasteiger partial charge in [0.1, 0.15) is 17.2 Å². The van der Waals surface area contributed by atoms with Gasteiger partial charge in [-0.15, -0.1) is 0 Å². The average molecular weight is 745 g/mol. The van der Waals surface area contributed by atoms with Crippen LogP contribution in [0.4, 0.5) is 5.69 Å². The zero-order valence-electron chi connectivity index (χ0n) is 28.8. The Balaban J connectivity index is 1.33. The predicted molar refractivity (Wildman–Crippen MR) is 194 cm³/mol. The maximum atomic E-state index is 15.4. The number of phenolic OH excluding ortho intramolecular Hbond substituents is 1. The number of amides is 4. The van der Waals surface area contributed by atoms with E-state index in [2.05, 4.69) is 5.43 Å². The Kier molecular flexibility index (Phi) is 8.73. The minimum Gasteiger partial charge on any atom is -0.508 e. The Bertz CT molecular complexity index is 2010. The number of imide groups is 2. The van der Waals surface area contributed by atoms with Crippen LogP contribution in [0, 0.1) is 23.7 Å². The number of aromatic hydroxyl groups is 1. The van der Waals surface area contributed by atoms with E-state index >= 15 is 4.79 Å². The summed E-state index contributed by atoms with van der Waals surface area (Å²) in [5, 5.41) is 13.3. The second kappa shape index (κ2) is 13.1. The van der Waals surface area contributed by atoms with Gasteiger partial charge in [-0.05, 0) is 73.6 Å². The molecule has 270 valence electrons. The summed E-state index contributed by atoms with van der Waals surface area (Å²) in [7, 11) is 3.04. The molecule has 2 N–H and O–H groups in total. The number of methoxy groups -OCH3 is 2. The van der Waals surface area contributed by atoms with Gasteiger partial charge < -0.3 is 14.6 Å². The fourth-order valence-electron chi connectivity index (χ4n) is 9.81. The molecule has 0 radical (unpaired) electrons. The van der Waals surface area contributed by atoms with Crippen LogP contribution in [-0.2, 0) is 24.6 Å². The number of rotatable bonds is 7. The van der Waals surface area contributed by atoms with E-state index in [9.17, 15) is 19.5 Å². The Morgan fingerprint density at radius 1 is 0.827 bits per heavy atom. The van der Waals surface area contributed by atoms with Crippen molar-refractivity contribution in [1.29, 1.82) is 0 Å². The van der Waals surface area contributed by atoms with E-state index < -0.39 is 46.8 Å². The van der Waals surface area contributed by atoms with Gasteiger partial charge in [0, 0.05) is 28.6 Å². The molecule has 10 nitrogen and oxygen atoms in total.